The smallest absolute Gasteiger partial charge is 0.272 e. The second-order valence-electron chi connectivity index (χ2n) is 7.36. The average molecular weight is 479 g/mol. The van der Waals surface area contributed by atoms with Crippen LogP contribution in [0.3, 0.4) is 0 Å². The Bertz CT molecular complexity index is 1200. The van der Waals surface area contributed by atoms with E-state index in [2.05, 4.69) is 10.6 Å². The Kier molecular flexibility index (Phi) is 6.91. The van der Waals surface area contributed by atoms with Crippen molar-refractivity contribution in [2.45, 2.75) is 13.1 Å². The number of fused-ring (bicyclic) bond motifs is 1. The topological polar surface area (TPSA) is 66.0 Å². The van der Waals surface area contributed by atoms with E-state index in [1.165, 1.54) is 0 Å². The molecule has 3 aromatic carbocycles. The van der Waals surface area contributed by atoms with E-state index < -0.39 is 6.17 Å². The summed E-state index contributed by atoms with van der Waals surface area (Å²) in [6, 6.07) is 22.5. The molecule has 1 amide bonds. The van der Waals surface area contributed by atoms with Crippen molar-refractivity contribution in [1.82, 2.24) is 5.32 Å². The van der Waals surface area contributed by atoms with Crippen LogP contribution < -0.4 is 20.3 Å². The van der Waals surface area contributed by atoms with Gasteiger partial charge < -0.3 is 20.3 Å². The summed E-state index contributed by atoms with van der Waals surface area (Å²) in [5.74, 6) is 0.538. The average Bonchev–Trinajstić information content (AvgIpc) is 2.91. The van der Waals surface area contributed by atoms with Crippen molar-refractivity contribution in [1.29, 1.82) is 0 Å². The number of aliphatic imine (C=N–C) groups is 1. The van der Waals surface area contributed by atoms with Gasteiger partial charge in [0.1, 0.15) is 5.75 Å². The van der Waals surface area contributed by atoms with Crippen molar-refractivity contribution in [3.05, 3.63) is 88.9 Å². The van der Waals surface area contributed by atoms with Gasteiger partial charge in [0, 0.05) is 28.9 Å². The summed E-state index contributed by atoms with van der Waals surface area (Å²) in [7, 11) is 1.72. The highest BCUT2D eigenvalue weighted by molar-refractivity contribution is 7.80. The standard InChI is InChI=1S/C25H23ClN4O2S/c1-3-32-19-12-10-18(11-13-19)27-25(33)29-23-24(31)30(2)21-14-9-17(26)15-20(21)22(28-23)16-7-5-4-6-8-16/h4-15,23H,3H2,1-2H3,(H2,27,29,33). The zero-order valence-corrected chi connectivity index (χ0v) is 19.8. The van der Waals surface area contributed by atoms with Gasteiger partial charge in [-0.25, -0.2) is 4.99 Å². The molecule has 8 heteroatoms. The molecule has 1 atom stereocenters. The van der Waals surface area contributed by atoms with Gasteiger partial charge in [-0.15, -0.1) is 0 Å². The molecule has 0 aromatic heterocycles. The number of likely N-dealkylation sites (N-methyl/N-ethyl adjacent to an activating group) is 1. The monoisotopic (exact) mass is 478 g/mol. The maximum Gasteiger partial charge on any atom is 0.272 e. The molecule has 168 valence electrons. The quantitative estimate of drug-likeness (QED) is 0.512. The molecule has 4 rings (SSSR count). The summed E-state index contributed by atoms with van der Waals surface area (Å²) in [5, 5.41) is 7.01. The van der Waals surface area contributed by atoms with Crippen LogP contribution in [-0.2, 0) is 4.79 Å². The Morgan fingerprint density at radius 2 is 1.85 bits per heavy atom. The summed E-state index contributed by atoms with van der Waals surface area (Å²) in [6.45, 7) is 2.53. The predicted molar refractivity (Wildman–Crippen MR) is 138 cm³/mol. The number of rotatable bonds is 5. The largest absolute Gasteiger partial charge is 0.494 e. The highest BCUT2D eigenvalue weighted by Gasteiger charge is 2.30. The van der Waals surface area contributed by atoms with E-state index in [4.69, 9.17) is 33.5 Å². The fourth-order valence-electron chi connectivity index (χ4n) is 3.56. The van der Waals surface area contributed by atoms with E-state index in [-0.39, 0.29) is 11.0 Å². The van der Waals surface area contributed by atoms with Gasteiger partial charge in [0.25, 0.3) is 5.91 Å². The molecule has 1 aliphatic rings. The van der Waals surface area contributed by atoms with Crippen LogP contribution in [0.5, 0.6) is 5.75 Å². The van der Waals surface area contributed by atoms with Crippen molar-refractivity contribution in [3.63, 3.8) is 0 Å². The van der Waals surface area contributed by atoms with Crippen LogP contribution in [0.25, 0.3) is 0 Å². The number of benzodiazepines with no additional fused rings is 1. The number of halogens is 1. The Labute approximate surface area is 203 Å². The van der Waals surface area contributed by atoms with Crippen molar-refractivity contribution in [2.75, 3.05) is 23.9 Å². The van der Waals surface area contributed by atoms with Crippen LogP contribution in [0.1, 0.15) is 18.1 Å². The van der Waals surface area contributed by atoms with Crippen LogP contribution in [0, 0.1) is 0 Å². The first-order valence-electron chi connectivity index (χ1n) is 10.5. The second-order valence-corrected chi connectivity index (χ2v) is 8.21. The molecule has 3 aromatic rings. The number of hydrogen-bond donors (Lipinski definition) is 2. The highest BCUT2D eigenvalue weighted by atomic mass is 35.5. The Morgan fingerprint density at radius 3 is 2.55 bits per heavy atom. The zero-order chi connectivity index (χ0) is 23.4. The first-order valence-corrected chi connectivity index (χ1v) is 11.3. The number of thiocarbonyl (C=S) groups is 1. The van der Waals surface area contributed by atoms with Crippen molar-refractivity contribution >= 4 is 51.9 Å². The number of carbonyl (C=O) groups is 1. The van der Waals surface area contributed by atoms with Crippen LogP contribution in [-0.4, -0.2) is 36.6 Å². The number of ether oxygens (including phenoxy) is 1. The van der Waals surface area contributed by atoms with Gasteiger partial charge in [0.05, 0.1) is 18.0 Å². The molecule has 0 spiro atoms. The van der Waals surface area contributed by atoms with Gasteiger partial charge >= 0.3 is 0 Å². The number of benzene rings is 3. The van der Waals surface area contributed by atoms with E-state index in [0.717, 1.165) is 28.3 Å². The minimum absolute atomic E-state index is 0.236. The van der Waals surface area contributed by atoms with E-state index in [9.17, 15) is 4.79 Å². The molecule has 0 radical (unpaired) electrons. The summed E-state index contributed by atoms with van der Waals surface area (Å²) < 4.78 is 5.47. The number of nitrogens with one attached hydrogen (secondary N) is 2. The fraction of sp³-hybridized carbons (Fsp3) is 0.160. The van der Waals surface area contributed by atoms with E-state index in [1.54, 1.807) is 18.0 Å². The Balaban J connectivity index is 1.64. The van der Waals surface area contributed by atoms with E-state index >= 15 is 0 Å². The molecule has 33 heavy (non-hydrogen) atoms. The fourth-order valence-corrected chi connectivity index (χ4v) is 3.96. The van der Waals surface area contributed by atoms with Gasteiger partial charge in [-0.1, -0.05) is 41.9 Å². The first-order chi connectivity index (χ1) is 16.0. The predicted octanol–water partition coefficient (Wildman–Crippen LogP) is 4.87. The molecular formula is C25H23ClN4O2S. The normalized spacial score (nSPS) is 15.2. The second kappa shape index (κ2) is 10.0. The number of nitrogens with zero attached hydrogens (tertiary/aromatic N) is 2. The third-order valence-corrected chi connectivity index (χ3v) is 5.59. The summed E-state index contributed by atoms with van der Waals surface area (Å²) in [5.41, 5.74) is 3.81. The maximum atomic E-state index is 13.3. The molecule has 6 nitrogen and oxygen atoms in total. The van der Waals surface area contributed by atoms with Crippen LogP contribution in [0.4, 0.5) is 11.4 Å². The minimum Gasteiger partial charge on any atom is -0.494 e. The van der Waals surface area contributed by atoms with Gasteiger partial charge in [0.2, 0.25) is 6.17 Å². The van der Waals surface area contributed by atoms with E-state index in [1.807, 2.05) is 73.7 Å². The van der Waals surface area contributed by atoms with Gasteiger partial charge in [-0.2, -0.15) is 0 Å². The third kappa shape index (κ3) is 5.16. The summed E-state index contributed by atoms with van der Waals surface area (Å²) in [6.07, 6.45) is -0.918. The molecule has 0 bridgehead atoms. The summed E-state index contributed by atoms with van der Waals surface area (Å²) >= 11 is 11.8. The number of amides is 1. The number of hydrogen-bond acceptors (Lipinski definition) is 4. The van der Waals surface area contributed by atoms with E-state index in [0.29, 0.717) is 17.3 Å². The lowest BCUT2D eigenvalue weighted by atomic mass is 10.0. The molecular weight excluding hydrogens is 456 g/mol. The van der Waals surface area contributed by atoms with Crippen molar-refractivity contribution in [3.8, 4) is 5.75 Å². The van der Waals surface area contributed by atoms with Crippen molar-refractivity contribution in [2.24, 2.45) is 4.99 Å². The lowest BCUT2D eigenvalue weighted by Crippen LogP contribution is -2.47. The maximum absolute atomic E-state index is 13.3. The van der Waals surface area contributed by atoms with Crippen LogP contribution in [0.15, 0.2) is 77.8 Å². The molecule has 1 heterocycles. The summed E-state index contributed by atoms with van der Waals surface area (Å²) in [4.78, 5) is 19.7. The molecule has 0 fully saturated rings. The zero-order valence-electron chi connectivity index (χ0n) is 18.2. The number of carbonyl (C=O) groups excluding carboxylic acids is 1. The van der Waals surface area contributed by atoms with Gasteiger partial charge in [-0.3, -0.25) is 4.79 Å². The molecule has 1 aliphatic heterocycles. The Hall–Kier alpha value is -3.42. The Morgan fingerprint density at radius 1 is 1.12 bits per heavy atom. The molecule has 0 aliphatic carbocycles. The first kappa shape index (κ1) is 22.8. The SMILES string of the molecule is CCOc1ccc(NC(=S)NC2N=C(c3ccccc3)c3cc(Cl)ccc3N(C)C2=O)cc1. The molecule has 1 unspecified atom stereocenters. The van der Waals surface area contributed by atoms with Gasteiger partial charge in [0.15, 0.2) is 5.11 Å². The van der Waals surface area contributed by atoms with Crippen molar-refractivity contribution < 1.29 is 9.53 Å². The lowest BCUT2D eigenvalue weighted by molar-refractivity contribution is -0.119. The molecule has 2 N–H and O–H groups in total. The van der Waals surface area contributed by atoms with Crippen LogP contribution in [0.2, 0.25) is 5.02 Å². The lowest BCUT2D eigenvalue weighted by Gasteiger charge is -2.22. The minimum atomic E-state index is -0.918. The number of anilines is 2. The molecule has 0 saturated carbocycles. The van der Waals surface area contributed by atoms with Gasteiger partial charge in [-0.05, 0) is 61.6 Å². The highest BCUT2D eigenvalue weighted by Crippen LogP contribution is 2.30. The third-order valence-electron chi connectivity index (χ3n) is 5.14. The van der Waals surface area contributed by atoms with Crippen LogP contribution >= 0.6 is 23.8 Å². The molecule has 0 saturated heterocycles.